The third kappa shape index (κ3) is 4.27. The summed E-state index contributed by atoms with van der Waals surface area (Å²) in [6, 6.07) is 39.5. The number of benzene rings is 5. The van der Waals surface area contributed by atoms with Crippen molar-refractivity contribution in [1.29, 1.82) is 0 Å². The van der Waals surface area contributed by atoms with Gasteiger partial charge in [0.15, 0.2) is 5.78 Å². The quantitative estimate of drug-likeness (QED) is 0.103. The van der Waals surface area contributed by atoms with Gasteiger partial charge >= 0.3 is 5.97 Å². The molecule has 8 heteroatoms. The summed E-state index contributed by atoms with van der Waals surface area (Å²) < 4.78 is 5.33. The molecule has 2 aliphatic carbocycles. The van der Waals surface area contributed by atoms with Crippen LogP contribution in [0.3, 0.4) is 0 Å². The molecule has 5 aromatic rings. The minimum atomic E-state index is -1.59. The van der Waals surface area contributed by atoms with E-state index in [0.29, 0.717) is 32.3 Å². The van der Waals surface area contributed by atoms with Crippen LogP contribution in [0.15, 0.2) is 133 Å². The molecule has 0 aromatic heterocycles. The van der Waals surface area contributed by atoms with Gasteiger partial charge in [-0.3, -0.25) is 19.2 Å². The molecule has 1 saturated carbocycles. The zero-order chi connectivity index (χ0) is 34.1. The van der Waals surface area contributed by atoms with Gasteiger partial charge in [0.05, 0.1) is 28.4 Å². The molecule has 0 spiro atoms. The van der Waals surface area contributed by atoms with Crippen molar-refractivity contribution in [2.45, 2.75) is 17.8 Å². The minimum absolute atomic E-state index is 0.189. The molecule has 1 aliphatic heterocycles. The number of rotatable bonds is 6. The lowest BCUT2D eigenvalue weighted by molar-refractivity contribution is -0.132. The summed E-state index contributed by atoms with van der Waals surface area (Å²) in [7, 11) is 0. The maximum atomic E-state index is 16.0. The summed E-state index contributed by atoms with van der Waals surface area (Å²) >= 11 is 12.8. The fourth-order valence-corrected chi connectivity index (χ4v) is 8.72. The highest BCUT2D eigenvalue weighted by Crippen LogP contribution is 2.74. The van der Waals surface area contributed by atoms with E-state index >= 15 is 14.4 Å². The number of esters is 1. The average molecular weight is 685 g/mol. The molecule has 240 valence electrons. The maximum Gasteiger partial charge on any atom is 0.308 e. The van der Waals surface area contributed by atoms with Crippen LogP contribution in [0.1, 0.15) is 29.2 Å². The van der Waals surface area contributed by atoms with Crippen LogP contribution in [-0.2, 0) is 30.0 Å². The molecule has 1 saturated heterocycles. The molecule has 2 fully saturated rings. The van der Waals surface area contributed by atoms with Crippen molar-refractivity contribution in [2.24, 2.45) is 11.8 Å². The highest BCUT2D eigenvalue weighted by atomic mass is 35.5. The van der Waals surface area contributed by atoms with Crippen LogP contribution in [0.25, 0.3) is 11.1 Å². The summed E-state index contributed by atoms with van der Waals surface area (Å²) in [5.41, 5.74) is 1.05. The van der Waals surface area contributed by atoms with Crippen molar-refractivity contribution in [3.05, 3.63) is 166 Å². The first-order chi connectivity index (χ1) is 23.7. The number of anilines is 1. The van der Waals surface area contributed by atoms with Crippen LogP contribution in [0.4, 0.5) is 5.69 Å². The first-order valence-electron chi connectivity index (χ1n) is 15.8. The number of carbonyl (C=O) groups excluding carboxylic acids is 4. The van der Waals surface area contributed by atoms with Crippen LogP contribution in [-0.4, -0.2) is 23.6 Å². The van der Waals surface area contributed by atoms with Crippen LogP contribution in [0.5, 0.6) is 5.75 Å². The first-order valence-corrected chi connectivity index (χ1v) is 16.6. The number of ketones is 1. The largest absolute Gasteiger partial charge is 0.427 e. The third-order valence-corrected chi connectivity index (χ3v) is 10.6. The topological polar surface area (TPSA) is 80.8 Å². The Labute approximate surface area is 292 Å². The molecule has 49 heavy (non-hydrogen) atoms. The fraction of sp³-hybridized carbons (Fsp3) is 0.122. The third-order valence-electron chi connectivity index (χ3n) is 10.1. The predicted octanol–water partition coefficient (Wildman–Crippen LogP) is 8.11. The molecular weight excluding hydrogens is 657 g/mol. The van der Waals surface area contributed by atoms with E-state index in [0.717, 1.165) is 16.0 Å². The molecule has 5 aromatic carbocycles. The summed E-state index contributed by atoms with van der Waals surface area (Å²) in [5, 5.41) is 0.936. The number of halogens is 2. The monoisotopic (exact) mass is 683 g/mol. The number of amides is 2. The number of hydrogen-bond acceptors (Lipinski definition) is 5. The van der Waals surface area contributed by atoms with Gasteiger partial charge < -0.3 is 4.74 Å². The number of imide groups is 1. The highest BCUT2D eigenvalue weighted by Gasteiger charge is 2.82. The van der Waals surface area contributed by atoms with E-state index in [2.05, 4.69) is 0 Å². The first kappa shape index (κ1) is 31.0. The second-order valence-corrected chi connectivity index (χ2v) is 13.4. The summed E-state index contributed by atoms with van der Waals surface area (Å²) in [6.07, 6.45) is 0. The van der Waals surface area contributed by atoms with Gasteiger partial charge in [-0.25, -0.2) is 4.90 Å². The van der Waals surface area contributed by atoms with Crippen molar-refractivity contribution >= 4 is 63.6 Å². The van der Waals surface area contributed by atoms with Gasteiger partial charge in [0.1, 0.15) is 5.75 Å². The molecular formula is C41H27Cl2NO5. The zero-order valence-corrected chi connectivity index (χ0v) is 27.6. The molecule has 4 atom stereocenters. The Morgan fingerprint density at radius 2 is 1.06 bits per heavy atom. The SMILES string of the molecule is CC(=O)Oc1cccc(N2C(=O)[C@@H]3[C@@H](C2=O)[C@@]2(c4ccc(Cl)cc4)C(=O)[C@@]3(c3ccc(Cl)cc3)C(c3ccccc3)=C2c2ccccc2)c1. The second kappa shape index (κ2) is 11.4. The lowest BCUT2D eigenvalue weighted by Crippen LogP contribution is -2.45. The molecule has 0 unspecified atom stereocenters. The lowest BCUT2D eigenvalue weighted by atomic mass is 9.59. The van der Waals surface area contributed by atoms with E-state index in [9.17, 15) is 4.79 Å². The number of hydrogen-bond donors (Lipinski definition) is 0. The number of carbonyl (C=O) groups is 4. The fourth-order valence-electron chi connectivity index (χ4n) is 8.46. The van der Waals surface area contributed by atoms with Crippen molar-refractivity contribution < 1.29 is 23.9 Å². The Morgan fingerprint density at radius 1 is 0.612 bits per heavy atom. The van der Waals surface area contributed by atoms with Crippen molar-refractivity contribution in [3.63, 3.8) is 0 Å². The van der Waals surface area contributed by atoms with Crippen LogP contribution >= 0.6 is 23.2 Å². The normalized spacial score (nSPS) is 24.1. The molecule has 6 nitrogen and oxygen atoms in total. The van der Waals surface area contributed by atoms with Crippen molar-refractivity contribution in [2.75, 3.05) is 4.90 Å². The molecule has 1 heterocycles. The highest BCUT2D eigenvalue weighted by molar-refractivity contribution is 6.39. The van der Waals surface area contributed by atoms with E-state index in [1.165, 1.54) is 13.0 Å². The van der Waals surface area contributed by atoms with E-state index in [1.807, 2.05) is 60.7 Å². The summed E-state index contributed by atoms with van der Waals surface area (Å²) in [4.78, 5) is 59.2. The van der Waals surface area contributed by atoms with Gasteiger partial charge in [-0.05, 0) is 69.8 Å². The standard InChI is InChI=1S/C41H27Cl2NO5/c1-24(45)49-32-14-8-13-31(23-32)44-37(46)35-36(38(44)47)41(28-17-21-30(43)22-18-28)34(26-11-6-3-7-12-26)33(25-9-4-2-5-10-25)40(35,39(41)48)27-15-19-29(42)20-16-27/h2-23,35-36H,1H3/t35-,36-,40-,41-/m0/s1. The molecule has 2 bridgehead atoms. The van der Waals surface area contributed by atoms with Gasteiger partial charge in [0, 0.05) is 23.0 Å². The van der Waals surface area contributed by atoms with E-state index in [1.54, 1.807) is 66.7 Å². The maximum absolute atomic E-state index is 16.0. The molecule has 2 amide bonds. The Kier molecular flexibility index (Phi) is 7.21. The average Bonchev–Trinajstić information content (AvgIpc) is 3.61. The number of allylic oxidation sites excluding steroid dienone is 2. The zero-order valence-electron chi connectivity index (χ0n) is 26.1. The van der Waals surface area contributed by atoms with Crippen LogP contribution in [0, 0.1) is 11.8 Å². The molecule has 8 rings (SSSR count). The van der Waals surface area contributed by atoms with E-state index in [-0.39, 0.29) is 17.2 Å². The van der Waals surface area contributed by atoms with Gasteiger partial charge in [0.2, 0.25) is 11.8 Å². The Hall–Kier alpha value is -5.30. The van der Waals surface area contributed by atoms with Gasteiger partial charge in [-0.15, -0.1) is 0 Å². The van der Waals surface area contributed by atoms with Crippen LogP contribution in [0.2, 0.25) is 10.0 Å². The molecule has 0 radical (unpaired) electrons. The minimum Gasteiger partial charge on any atom is -0.427 e. The summed E-state index contributed by atoms with van der Waals surface area (Å²) in [6.45, 7) is 1.28. The van der Waals surface area contributed by atoms with Crippen LogP contribution < -0.4 is 9.64 Å². The van der Waals surface area contributed by atoms with Gasteiger partial charge in [-0.2, -0.15) is 0 Å². The summed E-state index contributed by atoms with van der Waals surface area (Å²) in [5.74, 6) is -3.88. The lowest BCUT2D eigenvalue weighted by Gasteiger charge is -2.39. The Morgan fingerprint density at radius 3 is 1.49 bits per heavy atom. The van der Waals surface area contributed by atoms with Gasteiger partial charge in [0.25, 0.3) is 0 Å². The molecule has 0 N–H and O–H groups in total. The smallest absolute Gasteiger partial charge is 0.308 e. The number of fused-ring (bicyclic) bond motifs is 5. The van der Waals surface area contributed by atoms with E-state index in [4.69, 9.17) is 27.9 Å². The Bertz CT molecular complexity index is 2090. The molecule has 3 aliphatic rings. The van der Waals surface area contributed by atoms with Crippen molar-refractivity contribution in [1.82, 2.24) is 0 Å². The van der Waals surface area contributed by atoms with Gasteiger partial charge in [-0.1, -0.05) is 114 Å². The number of nitrogens with zero attached hydrogens (tertiary/aromatic N) is 1. The Balaban J connectivity index is 1.51. The number of Topliss-reactive ketones (excluding diaryl/α,β-unsaturated/α-hetero) is 1. The number of ether oxygens (including phenoxy) is 1. The predicted molar refractivity (Wildman–Crippen MR) is 188 cm³/mol. The second-order valence-electron chi connectivity index (χ2n) is 12.5. The van der Waals surface area contributed by atoms with Crippen molar-refractivity contribution in [3.8, 4) is 5.75 Å². The van der Waals surface area contributed by atoms with E-state index < -0.39 is 40.4 Å².